The van der Waals surface area contributed by atoms with Gasteiger partial charge in [-0.1, -0.05) is 30.3 Å². The summed E-state index contributed by atoms with van der Waals surface area (Å²) in [7, 11) is 4.38. The summed E-state index contributed by atoms with van der Waals surface area (Å²) in [6, 6.07) is 13.0. The number of carbonyl (C=O) groups excluding carboxylic acids is 2. The zero-order valence-electron chi connectivity index (χ0n) is 17.2. The van der Waals surface area contributed by atoms with E-state index in [-0.39, 0.29) is 29.9 Å². The summed E-state index contributed by atoms with van der Waals surface area (Å²) in [6.45, 7) is 1.53. The van der Waals surface area contributed by atoms with Crippen molar-refractivity contribution in [2.75, 3.05) is 27.9 Å². The predicted octanol–water partition coefficient (Wildman–Crippen LogP) is 3.01. The molecule has 0 aliphatic heterocycles. The molecule has 0 radical (unpaired) electrons. The monoisotopic (exact) mass is 401 g/mol. The SMILES string of the molecule is COc1cc(OC)c(C(=O)OCC(=O)N[C@H](C)CCc2ccccc2)cc1OC. The molecule has 2 aromatic rings. The summed E-state index contributed by atoms with van der Waals surface area (Å²) in [5, 5.41) is 2.83. The van der Waals surface area contributed by atoms with E-state index >= 15 is 0 Å². The molecule has 7 nitrogen and oxygen atoms in total. The zero-order chi connectivity index (χ0) is 21.2. The number of nitrogens with one attached hydrogen (secondary N) is 1. The Labute approximate surface area is 170 Å². The van der Waals surface area contributed by atoms with E-state index in [2.05, 4.69) is 5.32 Å². The molecule has 29 heavy (non-hydrogen) atoms. The number of rotatable bonds is 10. The van der Waals surface area contributed by atoms with Gasteiger partial charge in [0.15, 0.2) is 18.1 Å². The molecule has 0 unspecified atom stereocenters. The van der Waals surface area contributed by atoms with Crippen LogP contribution < -0.4 is 19.5 Å². The molecule has 0 heterocycles. The fraction of sp³-hybridized carbons (Fsp3) is 0.364. The maximum atomic E-state index is 12.4. The molecular formula is C22H27NO6. The number of methoxy groups -OCH3 is 3. The Morgan fingerprint density at radius 3 is 2.17 bits per heavy atom. The maximum Gasteiger partial charge on any atom is 0.342 e. The largest absolute Gasteiger partial charge is 0.496 e. The lowest BCUT2D eigenvalue weighted by Crippen LogP contribution is -2.36. The van der Waals surface area contributed by atoms with Gasteiger partial charge in [0.25, 0.3) is 5.91 Å². The third-order valence-electron chi connectivity index (χ3n) is 4.38. The number of carbonyl (C=O) groups is 2. The van der Waals surface area contributed by atoms with Gasteiger partial charge in [-0.25, -0.2) is 4.79 Å². The van der Waals surface area contributed by atoms with Crippen LogP contribution in [-0.4, -0.2) is 45.9 Å². The smallest absolute Gasteiger partial charge is 0.342 e. The number of aryl methyl sites for hydroxylation is 1. The van der Waals surface area contributed by atoms with Crippen molar-refractivity contribution < 1.29 is 28.5 Å². The molecule has 0 spiro atoms. The van der Waals surface area contributed by atoms with Crippen LogP contribution in [0.5, 0.6) is 17.2 Å². The Kier molecular flexibility index (Phi) is 8.33. The van der Waals surface area contributed by atoms with Crippen molar-refractivity contribution in [3.63, 3.8) is 0 Å². The zero-order valence-corrected chi connectivity index (χ0v) is 17.2. The van der Waals surface area contributed by atoms with Crippen LogP contribution in [0, 0.1) is 0 Å². The van der Waals surface area contributed by atoms with Crippen LogP contribution >= 0.6 is 0 Å². The highest BCUT2D eigenvalue weighted by atomic mass is 16.5. The quantitative estimate of drug-likeness (QED) is 0.616. The number of ether oxygens (including phenoxy) is 4. The van der Waals surface area contributed by atoms with E-state index in [1.165, 1.54) is 39.0 Å². The van der Waals surface area contributed by atoms with Crippen molar-refractivity contribution in [1.82, 2.24) is 5.32 Å². The van der Waals surface area contributed by atoms with Crippen LogP contribution in [0.1, 0.15) is 29.3 Å². The number of esters is 1. The molecule has 0 saturated carbocycles. The normalized spacial score (nSPS) is 11.3. The summed E-state index contributed by atoms with van der Waals surface area (Å²) >= 11 is 0. The van der Waals surface area contributed by atoms with Crippen molar-refractivity contribution in [3.05, 3.63) is 53.6 Å². The van der Waals surface area contributed by atoms with E-state index in [4.69, 9.17) is 18.9 Å². The number of amides is 1. The van der Waals surface area contributed by atoms with Gasteiger partial charge < -0.3 is 24.3 Å². The van der Waals surface area contributed by atoms with E-state index in [1.807, 2.05) is 37.3 Å². The van der Waals surface area contributed by atoms with E-state index in [1.54, 1.807) is 0 Å². The van der Waals surface area contributed by atoms with E-state index in [9.17, 15) is 9.59 Å². The standard InChI is InChI=1S/C22H27NO6/c1-15(10-11-16-8-6-5-7-9-16)23-21(24)14-29-22(25)17-12-19(27-3)20(28-4)13-18(17)26-2/h5-9,12-13,15H,10-11,14H2,1-4H3,(H,23,24)/t15-/m1/s1. The van der Waals surface area contributed by atoms with Crippen LogP contribution in [0.25, 0.3) is 0 Å². The van der Waals surface area contributed by atoms with Crippen LogP contribution in [0.4, 0.5) is 0 Å². The molecule has 0 fully saturated rings. The Hall–Kier alpha value is -3.22. The molecular weight excluding hydrogens is 374 g/mol. The minimum Gasteiger partial charge on any atom is -0.496 e. The average Bonchev–Trinajstić information content (AvgIpc) is 2.75. The first-order valence-electron chi connectivity index (χ1n) is 9.28. The maximum absolute atomic E-state index is 12.4. The molecule has 0 saturated heterocycles. The highest BCUT2D eigenvalue weighted by Gasteiger charge is 2.20. The fourth-order valence-corrected chi connectivity index (χ4v) is 2.81. The van der Waals surface area contributed by atoms with E-state index in [0.29, 0.717) is 11.5 Å². The molecule has 0 aliphatic carbocycles. The molecule has 0 bridgehead atoms. The van der Waals surface area contributed by atoms with Gasteiger partial charge in [-0.2, -0.15) is 0 Å². The molecule has 1 amide bonds. The van der Waals surface area contributed by atoms with Crippen molar-refractivity contribution in [2.24, 2.45) is 0 Å². The van der Waals surface area contributed by atoms with Crippen molar-refractivity contribution in [2.45, 2.75) is 25.8 Å². The fourth-order valence-electron chi connectivity index (χ4n) is 2.81. The van der Waals surface area contributed by atoms with Crippen molar-refractivity contribution in [1.29, 1.82) is 0 Å². The summed E-state index contributed by atoms with van der Waals surface area (Å²) in [5.74, 6) is 0.00246. The second-order valence-corrected chi connectivity index (χ2v) is 6.48. The highest BCUT2D eigenvalue weighted by molar-refractivity contribution is 5.95. The molecule has 156 valence electrons. The summed E-state index contributed by atoms with van der Waals surface area (Å²) in [4.78, 5) is 24.5. The second kappa shape index (κ2) is 10.9. The average molecular weight is 401 g/mol. The molecule has 0 aromatic heterocycles. The molecule has 0 aliphatic rings. The van der Waals surface area contributed by atoms with E-state index < -0.39 is 5.97 Å². The van der Waals surface area contributed by atoms with Crippen LogP contribution in [0.2, 0.25) is 0 Å². The van der Waals surface area contributed by atoms with Crippen LogP contribution in [0.3, 0.4) is 0 Å². The molecule has 1 atom stereocenters. The number of hydrogen-bond donors (Lipinski definition) is 1. The number of benzene rings is 2. The molecule has 2 aromatic carbocycles. The minimum absolute atomic E-state index is 0.0444. The third-order valence-corrected chi connectivity index (χ3v) is 4.38. The Bertz CT molecular complexity index is 822. The second-order valence-electron chi connectivity index (χ2n) is 6.48. The highest BCUT2D eigenvalue weighted by Crippen LogP contribution is 2.34. The van der Waals surface area contributed by atoms with Gasteiger partial charge in [-0.3, -0.25) is 4.79 Å². The van der Waals surface area contributed by atoms with Gasteiger partial charge in [-0.15, -0.1) is 0 Å². The van der Waals surface area contributed by atoms with Gasteiger partial charge in [0, 0.05) is 18.2 Å². The van der Waals surface area contributed by atoms with Crippen molar-refractivity contribution >= 4 is 11.9 Å². The lowest BCUT2D eigenvalue weighted by molar-refractivity contribution is -0.124. The first-order chi connectivity index (χ1) is 14.0. The Morgan fingerprint density at radius 2 is 1.55 bits per heavy atom. The van der Waals surface area contributed by atoms with Gasteiger partial charge >= 0.3 is 5.97 Å². The summed E-state index contributed by atoms with van der Waals surface area (Å²) < 4.78 is 20.7. The van der Waals surface area contributed by atoms with Crippen LogP contribution in [0.15, 0.2) is 42.5 Å². The first-order valence-corrected chi connectivity index (χ1v) is 9.28. The minimum atomic E-state index is -0.685. The summed E-state index contributed by atoms with van der Waals surface area (Å²) in [6.07, 6.45) is 1.64. The Morgan fingerprint density at radius 1 is 0.931 bits per heavy atom. The molecule has 2 rings (SSSR count). The third kappa shape index (κ3) is 6.41. The predicted molar refractivity (Wildman–Crippen MR) is 109 cm³/mol. The van der Waals surface area contributed by atoms with Gasteiger partial charge in [-0.05, 0) is 25.3 Å². The van der Waals surface area contributed by atoms with Gasteiger partial charge in [0.2, 0.25) is 0 Å². The lowest BCUT2D eigenvalue weighted by atomic mass is 10.1. The molecule has 7 heteroatoms. The number of hydrogen-bond acceptors (Lipinski definition) is 6. The molecule has 1 N–H and O–H groups in total. The lowest BCUT2D eigenvalue weighted by Gasteiger charge is -2.15. The first kappa shape index (κ1) is 22.1. The van der Waals surface area contributed by atoms with Crippen LogP contribution in [-0.2, 0) is 16.0 Å². The summed E-state index contributed by atoms with van der Waals surface area (Å²) in [5.41, 5.74) is 1.36. The van der Waals surface area contributed by atoms with Gasteiger partial charge in [0.05, 0.1) is 21.3 Å². The van der Waals surface area contributed by atoms with Gasteiger partial charge in [0.1, 0.15) is 11.3 Å². The van der Waals surface area contributed by atoms with Crippen molar-refractivity contribution in [3.8, 4) is 17.2 Å². The Balaban J connectivity index is 1.88. The van der Waals surface area contributed by atoms with E-state index in [0.717, 1.165) is 12.8 Å². The topological polar surface area (TPSA) is 83.1 Å².